The molecule has 0 aliphatic rings. The van der Waals surface area contributed by atoms with Crippen molar-refractivity contribution in [2.24, 2.45) is 0 Å². The number of pyridine rings is 1. The number of hydrogen-bond acceptors (Lipinski definition) is 4. The zero-order valence-corrected chi connectivity index (χ0v) is 15.0. The van der Waals surface area contributed by atoms with E-state index in [-0.39, 0.29) is 5.91 Å². The van der Waals surface area contributed by atoms with Crippen LogP contribution in [0.15, 0.2) is 66.9 Å². The van der Waals surface area contributed by atoms with Gasteiger partial charge in [-0.05, 0) is 42.0 Å². The molecule has 1 amide bonds. The lowest BCUT2D eigenvalue weighted by atomic mass is 10.2. The zero-order valence-electron chi connectivity index (χ0n) is 14.2. The third-order valence-electron chi connectivity index (χ3n) is 3.76. The average Bonchev–Trinajstić information content (AvgIpc) is 2.68. The minimum atomic E-state index is -0.184. The van der Waals surface area contributed by atoms with Crippen molar-refractivity contribution in [2.75, 3.05) is 12.4 Å². The molecule has 0 bridgehead atoms. The van der Waals surface area contributed by atoms with Crippen molar-refractivity contribution in [1.29, 1.82) is 0 Å². The number of rotatable bonds is 6. The number of benzene rings is 2. The molecule has 0 atom stereocenters. The Morgan fingerprint density at radius 1 is 1.08 bits per heavy atom. The molecule has 1 heterocycles. The van der Waals surface area contributed by atoms with Crippen LogP contribution >= 0.6 is 11.6 Å². The number of anilines is 2. The summed E-state index contributed by atoms with van der Waals surface area (Å²) in [6.07, 6.45) is 1.54. The molecule has 3 rings (SSSR count). The Bertz CT molecular complexity index is 880. The van der Waals surface area contributed by atoms with Crippen LogP contribution < -0.4 is 15.4 Å². The van der Waals surface area contributed by atoms with Crippen molar-refractivity contribution in [3.05, 3.63) is 83.0 Å². The summed E-state index contributed by atoms with van der Waals surface area (Å²) in [5.41, 5.74) is 2.28. The Balaban J connectivity index is 1.61. The molecule has 1 aromatic heterocycles. The number of aromatic nitrogens is 1. The second-order valence-electron chi connectivity index (χ2n) is 5.57. The number of carbonyl (C=O) groups excluding carboxylic acids is 1. The first-order chi connectivity index (χ1) is 12.7. The Kier molecular flexibility index (Phi) is 5.71. The van der Waals surface area contributed by atoms with Crippen LogP contribution in [-0.4, -0.2) is 18.0 Å². The van der Waals surface area contributed by atoms with Gasteiger partial charge in [0.2, 0.25) is 0 Å². The lowest BCUT2D eigenvalue weighted by molar-refractivity contribution is 0.0950. The van der Waals surface area contributed by atoms with Gasteiger partial charge in [-0.2, -0.15) is 0 Å². The second-order valence-corrected chi connectivity index (χ2v) is 6.00. The highest BCUT2D eigenvalue weighted by atomic mass is 35.5. The molecule has 0 unspecified atom stereocenters. The maximum Gasteiger partial charge on any atom is 0.253 e. The highest BCUT2D eigenvalue weighted by Gasteiger charge is 2.07. The summed E-state index contributed by atoms with van der Waals surface area (Å²) in [5.74, 6) is 1.17. The van der Waals surface area contributed by atoms with Gasteiger partial charge in [-0.25, -0.2) is 4.98 Å². The third kappa shape index (κ3) is 4.52. The predicted octanol–water partition coefficient (Wildman–Crippen LogP) is 4.42. The van der Waals surface area contributed by atoms with Crippen LogP contribution in [0.3, 0.4) is 0 Å². The monoisotopic (exact) mass is 367 g/mol. The molecule has 0 aliphatic carbocycles. The number of nitrogens with zero attached hydrogens (tertiary/aromatic N) is 1. The van der Waals surface area contributed by atoms with E-state index in [1.54, 1.807) is 31.4 Å². The van der Waals surface area contributed by atoms with Gasteiger partial charge in [0.15, 0.2) is 0 Å². The SMILES string of the molecule is COc1ccccc1Nc1ccc(C(=O)NCc2ccc(Cl)cc2)cn1. The number of carbonyl (C=O) groups is 1. The molecule has 0 saturated heterocycles. The van der Waals surface area contributed by atoms with Crippen LogP contribution in [0.5, 0.6) is 5.75 Å². The molecule has 2 N–H and O–H groups in total. The number of halogens is 1. The molecule has 6 heteroatoms. The van der Waals surface area contributed by atoms with Crippen molar-refractivity contribution in [1.82, 2.24) is 10.3 Å². The van der Waals surface area contributed by atoms with E-state index in [4.69, 9.17) is 16.3 Å². The smallest absolute Gasteiger partial charge is 0.253 e. The van der Waals surface area contributed by atoms with E-state index in [9.17, 15) is 4.79 Å². The number of methoxy groups -OCH3 is 1. The third-order valence-corrected chi connectivity index (χ3v) is 4.01. The standard InChI is InChI=1S/C20H18ClN3O2/c1-26-18-5-3-2-4-17(18)24-19-11-8-15(13-22-19)20(25)23-12-14-6-9-16(21)10-7-14/h2-11,13H,12H2,1H3,(H,22,24)(H,23,25). The Morgan fingerprint density at radius 3 is 2.54 bits per heavy atom. The topological polar surface area (TPSA) is 63.2 Å². The fourth-order valence-corrected chi connectivity index (χ4v) is 2.50. The molecule has 5 nitrogen and oxygen atoms in total. The van der Waals surface area contributed by atoms with Gasteiger partial charge in [0.05, 0.1) is 18.4 Å². The van der Waals surface area contributed by atoms with E-state index in [1.807, 2.05) is 36.4 Å². The van der Waals surface area contributed by atoms with Crippen LogP contribution in [0, 0.1) is 0 Å². The second kappa shape index (κ2) is 8.36. The van der Waals surface area contributed by atoms with Gasteiger partial charge in [-0.15, -0.1) is 0 Å². The quantitative estimate of drug-likeness (QED) is 0.677. The lowest BCUT2D eigenvalue weighted by Gasteiger charge is -2.10. The largest absolute Gasteiger partial charge is 0.495 e. The number of amides is 1. The lowest BCUT2D eigenvalue weighted by Crippen LogP contribution is -2.22. The van der Waals surface area contributed by atoms with Crippen molar-refractivity contribution < 1.29 is 9.53 Å². The Morgan fingerprint density at radius 2 is 1.85 bits per heavy atom. The first kappa shape index (κ1) is 17.8. The molecular formula is C20H18ClN3O2. The number of hydrogen-bond donors (Lipinski definition) is 2. The normalized spacial score (nSPS) is 10.2. The van der Waals surface area contributed by atoms with E-state index >= 15 is 0 Å². The Hall–Kier alpha value is -3.05. The predicted molar refractivity (Wildman–Crippen MR) is 103 cm³/mol. The summed E-state index contributed by atoms with van der Waals surface area (Å²) in [5, 5.41) is 6.70. The molecule has 132 valence electrons. The minimum absolute atomic E-state index is 0.184. The first-order valence-corrected chi connectivity index (χ1v) is 8.42. The minimum Gasteiger partial charge on any atom is -0.495 e. The van der Waals surface area contributed by atoms with E-state index in [0.29, 0.717) is 22.9 Å². The number of ether oxygens (including phenoxy) is 1. The van der Waals surface area contributed by atoms with Crippen molar-refractivity contribution in [3.8, 4) is 5.75 Å². The van der Waals surface area contributed by atoms with Gasteiger partial charge in [0.1, 0.15) is 11.6 Å². The van der Waals surface area contributed by atoms with Gasteiger partial charge in [0.25, 0.3) is 5.91 Å². The van der Waals surface area contributed by atoms with Crippen LogP contribution in [-0.2, 0) is 6.54 Å². The molecule has 3 aromatic rings. The van der Waals surface area contributed by atoms with E-state index < -0.39 is 0 Å². The maximum atomic E-state index is 12.2. The molecule has 0 fully saturated rings. The summed E-state index contributed by atoms with van der Waals surface area (Å²) in [6, 6.07) is 18.4. The van der Waals surface area contributed by atoms with E-state index in [0.717, 1.165) is 17.0 Å². The highest BCUT2D eigenvalue weighted by molar-refractivity contribution is 6.30. The van der Waals surface area contributed by atoms with Crippen LogP contribution in [0.2, 0.25) is 5.02 Å². The summed E-state index contributed by atoms with van der Waals surface area (Å²) in [4.78, 5) is 16.5. The molecule has 0 saturated carbocycles. The molecule has 0 radical (unpaired) electrons. The molecular weight excluding hydrogens is 350 g/mol. The first-order valence-electron chi connectivity index (χ1n) is 8.04. The van der Waals surface area contributed by atoms with Crippen LogP contribution in [0.4, 0.5) is 11.5 Å². The van der Waals surface area contributed by atoms with E-state index in [2.05, 4.69) is 15.6 Å². The van der Waals surface area contributed by atoms with Gasteiger partial charge in [-0.3, -0.25) is 4.79 Å². The molecule has 2 aromatic carbocycles. The van der Waals surface area contributed by atoms with Crippen LogP contribution in [0.25, 0.3) is 0 Å². The van der Waals surface area contributed by atoms with Crippen LogP contribution in [0.1, 0.15) is 15.9 Å². The van der Waals surface area contributed by atoms with E-state index in [1.165, 1.54) is 6.20 Å². The van der Waals surface area contributed by atoms with Crippen molar-refractivity contribution in [2.45, 2.75) is 6.54 Å². The summed E-state index contributed by atoms with van der Waals surface area (Å²) >= 11 is 5.85. The number of para-hydroxylation sites is 2. The summed E-state index contributed by atoms with van der Waals surface area (Å²) in [6.45, 7) is 0.428. The fourth-order valence-electron chi connectivity index (χ4n) is 2.37. The summed E-state index contributed by atoms with van der Waals surface area (Å²) in [7, 11) is 1.61. The summed E-state index contributed by atoms with van der Waals surface area (Å²) < 4.78 is 5.30. The zero-order chi connectivity index (χ0) is 18.4. The van der Waals surface area contributed by atoms with Gasteiger partial charge >= 0.3 is 0 Å². The molecule has 26 heavy (non-hydrogen) atoms. The number of nitrogens with one attached hydrogen (secondary N) is 2. The van der Waals surface area contributed by atoms with Gasteiger partial charge in [0, 0.05) is 17.8 Å². The average molecular weight is 368 g/mol. The fraction of sp³-hybridized carbons (Fsp3) is 0.100. The van der Waals surface area contributed by atoms with Gasteiger partial charge in [-0.1, -0.05) is 35.9 Å². The van der Waals surface area contributed by atoms with Crippen molar-refractivity contribution in [3.63, 3.8) is 0 Å². The highest BCUT2D eigenvalue weighted by Crippen LogP contribution is 2.26. The maximum absolute atomic E-state index is 12.2. The van der Waals surface area contributed by atoms with Crippen molar-refractivity contribution >= 4 is 29.0 Å². The Labute approximate surface area is 157 Å². The molecule has 0 spiro atoms. The molecule has 0 aliphatic heterocycles. The van der Waals surface area contributed by atoms with Gasteiger partial charge < -0.3 is 15.4 Å².